The first-order valence-corrected chi connectivity index (χ1v) is 8.37. The lowest BCUT2D eigenvalue weighted by Gasteiger charge is -2.11. The Labute approximate surface area is 151 Å². The minimum Gasteiger partial charge on any atom is -0.379 e. The van der Waals surface area contributed by atoms with Crippen LogP contribution < -0.4 is 11.1 Å². The van der Waals surface area contributed by atoms with E-state index in [2.05, 4.69) is 10.4 Å². The lowest BCUT2D eigenvalue weighted by molar-refractivity contribution is 0.100. The first-order valence-electron chi connectivity index (χ1n) is 8.37. The van der Waals surface area contributed by atoms with E-state index in [0.29, 0.717) is 17.8 Å². The first-order chi connectivity index (χ1) is 12.7. The van der Waals surface area contributed by atoms with Gasteiger partial charge >= 0.3 is 0 Å². The van der Waals surface area contributed by atoms with E-state index in [-0.39, 0.29) is 0 Å². The predicted molar refractivity (Wildman–Crippen MR) is 103 cm³/mol. The molecule has 0 bridgehead atoms. The molecule has 0 aliphatic rings. The van der Waals surface area contributed by atoms with Gasteiger partial charge in [-0.3, -0.25) is 4.79 Å². The van der Waals surface area contributed by atoms with Gasteiger partial charge in [0.2, 0.25) is 0 Å². The Morgan fingerprint density at radius 3 is 2.38 bits per heavy atom. The molecule has 0 atom stereocenters. The van der Waals surface area contributed by atoms with E-state index in [1.165, 1.54) is 6.20 Å². The zero-order valence-electron chi connectivity index (χ0n) is 14.1. The van der Waals surface area contributed by atoms with E-state index >= 15 is 0 Å². The molecule has 128 valence electrons. The van der Waals surface area contributed by atoms with Crippen LogP contribution in [0, 0.1) is 0 Å². The fourth-order valence-corrected chi connectivity index (χ4v) is 3.00. The largest absolute Gasteiger partial charge is 0.379 e. The van der Waals surface area contributed by atoms with Crippen LogP contribution in [0.15, 0.2) is 79.1 Å². The smallest absolute Gasteiger partial charge is 0.252 e. The van der Waals surface area contributed by atoms with Gasteiger partial charge in [0.05, 0.1) is 23.0 Å². The Morgan fingerprint density at radius 1 is 1.00 bits per heavy atom. The number of nitrogens with two attached hydrogens (primary N) is 1. The maximum Gasteiger partial charge on any atom is 0.252 e. The normalized spacial score (nSPS) is 10.8. The molecular formula is C21H18N4O. The van der Waals surface area contributed by atoms with Crippen LogP contribution in [0.25, 0.3) is 16.6 Å². The minimum absolute atomic E-state index is 0.381. The van der Waals surface area contributed by atoms with Crippen molar-refractivity contribution in [1.82, 2.24) is 9.61 Å². The standard InChI is InChI=1S/C21H18N4O/c22-21(26)18-13-24-25-14-17(16-9-5-2-6-10-16)11-19(25)20(18)23-12-15-7-3-1-4-8-15/h1-11,13-14,23H,12H2,(H2,22,26). The van der Waals surface area contributed by atoms with Crippen molar-refractivity contribution >= 4 is 17.1 Å². The Hall–Kier alpha value is -3.60. The molecule has 5 heteroatoms. The molecule has 5 nitrogen and oxygen atoms in total. The number of rotatable bonds is 5. The van der Waals surface area contributed by atoms with Crippen LogP contribution in [0.5, 0.6) is 0 Å². The summed E-state index contributed by atoms with van der Waals surface area (Å²) in [6.45, 7) is 0.590. The van der Waals surface area contributed by atoms with Gasteiger partial charge in [0.15, 0.2) is 0 Å². The van der Waals surface area contributed by atoms with Crippen LogP contribution >= 0.6 is 0 Å². The number of aromatic nitrogens is 2. The maximum atomic E-state index is 11.9. The van der Waals surface area contributed by atoms with E-state index in [0.717, 1.165) is 22.2 Å². The molecule has 0 radical (unpaired) electrons. The molecule has 26 heavy (non-hydrogen) atoms. The van der Waals surface area contributed by atoms with Crippen LogP contribution in [-0.4, -0.2) is 15.5 Å². The van der Waals surface area contributed by atoms with Crippen LogP contribution in [-0.2, 0) is 6.54 Å². The number of carbonyl (C=O) groups is 1. The molecule has 3 N–H and O–H groups in total. The van der Waals surface area contributed by atoms with Crippen molar-refractivity contribution < 1.29 is 4.79 Å². The molecule has 0 spiro atoms. The highest BCUT2D eigenvalue weighted by atomic mass is 16.1. The average molecular weight is 342 g/mol. The number of anilines is 1. The van der Waals surface area contributed by atoms with Gasteiger partial charge in [-0.05, 0) is 17.2 Å². The highest BCUT2D eigenvalue weighted by Crippen LogP contribution is 2.28. The van der Waals surface area contributed by atoms with Crippen molar-refractivity contribution in [3.63, 3.8) is 0 Å². The second kappa shape index (κ2) is 6.72. The molecule has 0 fully saturated rings. The fourth-order valence-electron chi connectivity index (χ4n) is 3.00. The molecule has 0 saturated heterocycles. The molecule has 2 heterocycles. The van der Waals surface area contributed by atoms with Crippen molar-refractivity contribution in [2.75, 3.05) is 5.32 Å². The highest BCUT2D eigenvalue weighted by molar-refractivity contribution is 6.02. The molecule has 4 aromatic rings. The Kier molecular flexibility index (Phi) is 4.11. The zero-order valence-corrected chi connectivity index (χ0v) is 14.1. The lowest BCUT2D eigenvalue weighted by Crippen LogP contribution is -2.16. The van der Waals surface area contributed by atoms with E-state index in [9.17, 15) is 4.79 Å². The van der Waals surface area contributed by atoms with Crippen molar-refractivity contribution in [1.29, 1.82) is 0 Å². The maximum absolute atomic E-state index is 11.9. The van der Waals surface area contributed by atoms with Crippen LogP contribution in [0.1, 0.15) is 15.9 Å². The van der Waals surface area contributed by atoms with Crippen LogP contribution in [0.3, 0.4) is 0 Å². The predicted octanol–water partition coefficient (Wildman–Crippen LogP) is 3.71. The van der Waals surface area contributed by atoms with Crippen molar-refractivity contribution in [3.05, 3.63) is 90.3 Å². The molecule has 4 rings (SSSR count). The number of hydrogen-bond acceptors (Lipinski definition) is 3. The summed E-state index contributed by atoms with van der Waals surface area (Å²) >= 11 is 0. The van der Waals surface area contributed by atoms with Gasteiger partial charge in [0.25, 0.3) is 5.91 Å². The number of carbonyl (C=O) groups excluding carboxylic acids is 1. The van der Waals surface area contributed by atoms with Gasteiger partial charge in [-0.15, -0.1) is 0 Å². The molecule has 1 amide bonds. The monoisotopic (exact) mass is 342 g/mol. The van der Waals surface area contributed by atoms with Crippen LogP contribution in [0.4, 0.5) is 5.69 Å². The Balaban J connectivity index is 1.78. The Morgan fingerprint density at radius 2 is 1.69 bits per heavy atom. The van der Waals surface area contributed by atoms with Gasteiger partial charge in [-0.25, -0.2) is 4.52 Å². The molecular weight excluding hydrogens is 324 g/mol. The lowest BCUT2D eigenvalue weighted by atomic mass is 10.1. The average Bonchev–Trinajstić information content (AvgIpc) is 3.12. The minimum atomic E-state index is -0.502. The van der Waals surface area contributed by atoms with E-state index < -0.39 is 5.91 Å². The molecule has 0 unspecified atom stereocenters. The summed E-state index contributed by atoms with van der Waals surface area (Å²) in [7, 11) is 0. The second-order valence-corrected chi connectivity index (χ2v) is 6.06. The molecule has 2 aromatic heterocycles. The number of hydrogen-bond donors (Lipinski definition) is 2. The van der Waals surface area contributed by atoms with E-state index in [1.54, 1.807) is 4.52 Å². The second-order valence-electron chi connectivity index (χ2n) is 6.06. The molecule has 0 aliphatic heterocycles. The number of amides is 1. The highest BCUT2D eigenvalue weighted by Gasteiger charge is 2.15. The number of benzene rings is 2. The quantitative estimate of drug-likeness (QED) is 0.581. The van der Waals surface area contributed by atoms with Crippen molar-refractivity contribution in [2.24, 2.45) is 5.73 Å². The van der Waals surface area contributed by atoms with Crippen molar-refractivity contribution in [3.8, 4) is 11.1 Å². The summed E-state index contributed by atoms with van der Waals surface area (Å²) in [5.41, 5.74) is 10.7. The summed E-state index contributed by atoms with van der Waals surface area (Å²) in [6.07, 6.45) is 3.46. The van der Waals surface area contributed by atoms with Crippen LogP contribution in [0.2, 0.25) is 0 Å². The molecule has 0 saturated carbocycles. The Bertz CT molecular complexity index is 1060. The topological polar surface area (TPSA) is 72.4 Å². The van der Waals surface area contributed by atoms with E-state index in [4.69, 9.17) is 5.73 Å². The molecule has 0 aliphatic carbocycles. The van der Waals surface area contributed by atoms with Gasteiger partial charge in [0, 0.05) is 18.3 Å². The number of nitrogens with zero attached hydrogens (tertiary/aromatic N) is 2. The third kappa shape index (κ3) is 3.02. The summed E-state index contributed by atoms with van der Waals surface area (Å²) in [5, 5.41) is 7.70. The van der Waals surface area contributed by atoms with E-state index in [1.807, 2.05) is 72.9 Å². The summed E-state index contributed by atoms with van der Waals surface area (Å²) in [5.74, 6) is -0.502. The third-order valence-corrected chi connectivity index (χ3v) is 4.32. The van der Waals surface area contributed by atoms with Gasteiger partial charge < -0.3 is 11.1 Å². The first kappa shape index (κ1) is 15.9. The number of fused-ring (bicyclic) bond motifs is 1. The van der Waals surface area contributed by atoms with Crippen molar-refractivity contribution in [2.45, 2.75) is 6.54 Å². The van der Waals surface area contributed by atoms with Gasteiger partial charge in [-0.1, -0.05) is 60.7 Å². The molecule has 2 aromatic carbocycles. The summed E-state index contributed by atoms with van der Waals surface area (Å²) in [4.78, 5) is 11.9. The zero-order chi connectivity index (χ0) is 17.9. The SMILES string of the molecule is NC(=O)c1cnn2cc(-c3ccccc3)cc2c1NCc1ccccc1. The summed E-state index contributed by atoms with van der Waals surface area (Å²) in [6, 6.07) is 22.1. The van der Waals surface area contributed by atoms with Gasteiger partial charge in [0.1, 0.15) is 0 Å². The number of nitrogens with one attached hydrogen (secondary N) is 1. The van der Waals surface area contributed by atoms with Gasteiger partial charge in [-0.2, -0.15) is 5.10 Å². The number of primary amides is 1. The summed E-state index contributed by atoms with van der Waals surface area (Å²) < 4.78 is 1.77. The fraction of sp³-hybridized carbons (Fsp3) is 0.0476. The third-order valence-electron chi connectivity index (χ3n) is 4.32.